The molecule has 0 unspecified atom stereocenters. The Bertz CT molecular complexity index is 886. The van der Waals surface area contributed by atoms with Gasteiger partial charge in [-0.1, -0.05) is 36.4 Å². The number of hydrogen-bond donors (Lipinski definition) is 2. The van der Waals surface area contributed by atoms with Crippen LogP contribution in [0.1, 0.15) is 21.5 Å². The van der Waals surface area contributed by atoms with E-state index in [1.165, 1.54) is 0 Å². The van der Waals surface area contributed by atoms with Gasteiger partial charge in [-0.05, 0) is 37.1 Å². The van der Waals surface area contributed by atoms with Crippen LogP contribution in [0.5, 0.6) is 0 Å². The van der Waals surface area contributed by atoms with E-state index in [-0.39, 0.29) is 24.3 Å². The summed E-state index contributed by atoms with van der Waals surface area (Å²) in [5, 5.41) is 5.67. The number of anilines is 1. The minimum absolute atomic E-state index is 0.0270. The minimum atomic E-state index is -0.259. The molecule has 0 radical (unpaired) electrons. The number of carbonyl (C=O) groups excluding carboxylic acids is 3. The maximum atomic E-state index is 12.4. The van der Waals surface area contributed by atoms with Crippen LogP contribution in [0.4, 0.5) is 5.69 Å². The number of aryl methyl sites for hydroxylation is 2. The van der Waals surface area contributed by atoms with Gasteiger partial charge in [-0.15, -0.1) is 0 Å². The summed E-state index contributed by atoms with van der Waals surface area (Å²) in [5.74, 6) is -0.424. The van der Waals surface area contributed by atoms with Crippen LogP contribution >= 0.6 is 0 Å². The molecule has 0 spiro atoms. The second-order valence-electron chi connectivity index (χ2n) is 7.52. The molecule has 1 saturated heterocycles. The molecule has 158 valence electrons. The predicted octanol–water partition coefficient (Wildman–Crippen LogP) is 1.82. The number of amides is 3. The van der Waals surface area contributed by atoms with Crippen molar-refractivity contribution in [3.05, 3.63) is 65.2 Å². The lowest BCUT2D eigenvalue weighted by molar-refractivity contribution is -0.132. The van der Waals surface area contributed by atoms with Gasteiger partial charge in [0.25, 0.3) is 5.91 Å². The third-order valence-corrected chi connectivity index (χ3v) is 5.27. The van der Waals surface area contributed by atoms with Crippen molar-refractivity contribution in [2.24, 2.45) is 0 Å². The van der Waals surface area contributed by atoms with Gasteiger partial charge in [-0.25, -0.2) is 0 Å². The topological polar surface area (TPSA) is 81.8 Å². The van der Waals surface area contributed by atoms with Gasteiger partial charge in [0.1, 0.15) is 0 Å². The summed E-state index contributed by atoms with van der Waals surface area (Å²) >= 11 is 0. The fourth-order valence-electron chi connectivity index (χ4n) is 3.51. The molecular formula is C23H28N4O3. The van der Waals surface area contributed by atoms with Gasteiger partial charge in [0.2, 0.25) is 11.8 Å². The molecule has 30 heavy (non-hydrogen) atoms. The standard InChI is InChI=1S/C23H28N4O3/c1-17-7-6-8-18(2)22(17)25-20(28)16-26-11-13-27(14-12-26)21(29)15-24-23(30)19-9-4-3-5-10-19/h3-10H,11-16H2,1-2H3,(H,24,30)(H,25,28). The zero-order chi connectivity index (χ0) is 21.5. The van der Waals surface area contributed by atoms with Crippen molar-refractivity contribution in [3.63, 3.8) is 0 Å². The molecule has 0 atom stereocenters. The normalized spacial score (nSPS) is 14.3. The zero-order valence-electron chi connectivity index (χ0n) is 17.5. The molecule has 0 aromatic heterocycles. The Morgan fingerprint density at radius 3 is 2.13 bits per heavy atom. The fraction of sp³-hybridized carbons (Fsp3) is 0.348. The first-order valence-corrected chi connectivity index (χ1v) is 10.1. The molecule has 0 aliphatic carbocycles. The first-order chi connectivity index (χ1) is 14.4. The first kappa shape index (κ1) is 21.5. The first-order valence-electron chi connectivity index (χ1n) is 10.1. The number of nitrogens with one attached hydrogen (secondary N) is 2. The molecule has 2 aromatic carbocycles. The average Bonchev–Trinajstić information content (AvgIpc) is 2.75. The Morgan fingerprint density at radius 2 is 1.50 bits per heavy atom. The Kier molecular flexibility index (Phi) is 7.19. The van der Waals surface area contributed by atoms with Gasteiger partial charge >= 0.3 is 0 Å². The lowest BCUT2D eigenvalue weighted by Crippen LogP contribution is -2.52. The van der Waals surface area contributed by atoms with Gasteiger partial charge in [-0.2, -0.15) is 0 Å². The SMILES string of the molecule is Cc1cccc(C)c1NC(=O)CN1CCN(C(=O)CNC(=O)c2ccccc2)CC1. The maximum Gasteiger partial charge on any atom is 0.251 e. The fourth-order valence-corrected chi connectivity index (χ4v) is 3.51. The Hall–Kier alpha value is -3.19. The summed E-state index contributed by atoms with van der Waals surface area (Å²) in [5.41, 5.74) is 3.48. The molecule has 1 heterocycles. The molecule has 1 fully saturated rings. The van der Waals surface area contributed by atoms with E-state index >= 15 is 0 Å². The van der Waals surface area contributed by atoms with E-state index < -0.39 is 0 Å². The number of carbonyl (C=O) groups is 3. The maximum absolute atomic E-state index is 12.4. The quantitative estimate of drug-likeness (QED) is 0.764. The number of benzene rings is 2. The highest BCUT2D eigenvalue weighted by molar-refractivity contribution is 5.96. The highest BCUT2D eigenvalue weighted by Gasteiger charge is 2.23. The number of hydrogen-bond acceptors (Lipinski definition) is 4. The van der Waals surface area contributed by atoms with Crippen molar-refractivity contribution in [1.82, 2.24) is 15.1 Å². The van der Waals surface area contributed by atoms with Crippen molar-refractivity contribution in [3.8, 4) is 0 Å². The van der Waals surface area contributed by atoms with Crippen molar-refractivity contribution in [2.75, 3.05) is 44.6 Å². The number of nitrogens with zero attached hydrogens (tertiary/aromatic N) is 2. The van der Waals surface area contributed by atoms with E-state index in [2.05, 4.69) is 10.6 Å². The van der Waals surface area contributed by atoms with Gasteiger partial charge in [0.05, 0.1) is 13.1 Å². The second-order valence-corrected chi connectivity index (χ2v) is 7.52. The number of rotatable bonds is 6. The van der Waals surface area contributed by atoms with Crippen molar-refractivity contribution < 1.29 is 14.4 Å². The molecule has 2 aromatic rings. The van der Waals surface area contributed by atoms with Crippen LogP contribution < -0.4 is 10.6 Å². The third-order valence-electron chi connectivity index (χ3n) is 5.27. The lowest BCUT2D eigenvalue weighted by atomic mass is 10.1. The molecule has 0 saturated carbocycles. The van der Waals surface area contributed by atoms with Crippen molar-refractivity contribution in [2.45, 2.75) is 13.8 Å². The van der Waals surface area contributed by atoms with Crippen LogP contribution in [0.3, 0.4) is 0 Å². The zero-order valence-corrected chi connectivity index (χ0v) is 17.5. The molecule has 2 N–H and O–H groups in total. The van der Waals surface area contributed by atoms with Crippen LogP contribution in [-0.2, 0) is 9.59 Å². The summed E-state index contributed by atoms with van der Waals surface area (Å²) < 4.78 is 0. The highest BCUT2D eigenvalue weighted by Crippen LogP contribution is 2.19. The van der Waals surface area contributed by atoms with E-state index in [0.29, 0.717) is 38.3 Å². The summed E-state index contributed by atoms with van der Waals surface area (Å²) in [7, 11) is 0. The number of piperazine rings is 1. The molecule has 3 rings (SSSR count). The predicted molar refractivity (Wildman–Crippen MR) is 116 cm³/mol. The van der Waals surface area contributed by atoms with Crippen LogP contribution in [0.2, 0.25) is 0 Å². The summed E-state index contributed by atoms with van der Waals surface area (Å²) in [6.45, 7) is 6.54. The molecule has 1 aliphatic rings. The van der Waals surface area contributed by atoms with Crippen LogP contribution in [0, 0.1) is 13.8 Å². The van der Waals surface area contributed by atoms with E-state index in [1.807, 2.05) is 43.0 Å². The van der Waals surface area contributed by atoms with Crippen molar-refractivity contribution in [1.29, 1.82) is 0 Å². The smallest absolute Gasteiger partial charge is 0.251 e. The third kappa shape index (κ3) is 5.67. The van der Waals surface area contributed by atoms with Crippen LogP contribution in [-0.4, -0.2) is 66.8 Å². The molecule has 7 heteroatoms. The van der Waals surface area contributed by atoms with Gasteiger partial charge in [0.15, 0.2) is 0 Å². The Balaban J connectivity index is 1.41. The number of para-hydroxylation sites is 1. The van der Waals surface area contributed by atoms with Crippen LogP contribution in [0.25, 0.3) is 0 Å². The van der Waals surface area contributed by atoms with Crippen molar-refractivity contribution >= 4 is 23.4 Å². The Morgan fingerprint density at radius 1 is 0.867 bits per heavy atom. The largest absolute Gasteiger partial charge is 0.343 e. The summed E-state index contributed by atoms with van der Waals surface area (Å²) in [4.78, 5) is 40.7. The Labute approximate surface area is 177 Å². The van der Waals surface area contributed by atoms with Crippen LogP contribution in [0.15, 0.2) is 48.5 Å². The van der Waals surface area contributed by atoms with Gasteiger partial charge in [0, 0.05) is 37.4 Å². The minimum Gasteiger partial charge on any atom is -0.343 e. The van der Waals surface area contributed by atoms with Gasteiger partial charge in [-0.3, -0.25) is 19.3 Å². The van der Waals surface area contributed by atoms with E-state index in [1.54, 1.807) is 29.2 Å². The molecule has 0 bridgehead atoms. The highest BCUT2D eigenvalue weighted by atomic mass is 16.2. The molecule has 1 aliphatic heterocycles. The van der Waals surface area contributed by atoms with E-state index in [9.17, 15) is 14.4 Å². The average molecular weight is 409 g/mol. The van der Waals surface area contributed by atoms with Gasteiger partial charge < -0.3 is 15.5 Å². The van der Waals surface area contributed by atoms with E-state index in [4.69, 9.17) is 0 Å². The molecular weight excluding hydrogens is 380 g/mol. The lowest BCUT2D eigenvalue weighted by Gasteiger charge is -2.34. The van der Waals surface area contributed by atoms with E-state index in [0.717, 1.165) is 16.8 Å². The molecule has 3 amide bonds. The summed E-state index contributed by atoms with van der Waals surface area (Å²) in [6.07, 6.45) is 0. The summed E-state index contributed by atoms with van der Waals surface area (Å²) in [6, 6.07) is 14.7. The monoisotopic (exact) mass is 408 g/mol. The molecule has 7 nitrogen and oxygen atoms in total. The second kappa shape index (κ2) is 10.0.